The minimum atomic E-state index is -0.881. The first-order valence-electron chi connectivity index (χ1n) is 10.1. The van der Waals surface area contributed by atoms with E-state index in [1.54, 1.807) is 4.90 Å². The van der Waals surface area contributed by atoms with Crippen LogP contribution in [0, 0.1) is 11.3 Å². The van der Waals surface area contributed by atoms with Crippen LogP contribution >= 0.6 is 0 Å². The zero-order valence-electron chi connectivity index (χ0n) is 16.8. The molecule has 1 saturated carbocycles. The van der Waals surface area contributed by atoms with Gasteiger partial charge in [0.1, 0.15) is 5.54 Å². The van der Waals surface area contributed by atoms with Crippen molar-refractivity contribution < 1.29 is 19.1 Å². The van der Waals surface area contributed by atoms with Crippen molar-refractivity contribution in [1.29, 1.82) is 5.26 Å². The molecule has 0 spiro atoms. The Morgan fingerprint density at radius 1 is 1.10 bits per heavy atom. The first kappa shape index (κ1) is 20.8. The third kappa shape index (κ3) is 4.42. The standard InChI is InChI=1S/C22H27N3O4/c1-17(26)25-13-11-22(12-14-25,18-7-3-2-4-8-18)20(28)29-15-19(27)24-21(16-23)9-5-6-10-21/h2-4,7-8H,5-6,9-15H2,1H3,(H,24,27). The molecule has 7 nitrogen and oxygen atoms in total. The molecule has 1 saturated heterocycles. The lowest BCUT2D eigenvalue weighted by Crippen LogP contribution is -2.50. The van der Waals surface area contributed by atoms with Crippen molar-refractivity contribution in [3.8, 4) is 6.07 Å². The molecule has 154 valence electrons. The molecule has 0 radical (unpaired) electrons. The summed E-state index contributed by atoms with van der Waals surface area (Å²) in [7, 11) is 0. The molecule has 3 rings (SSSR count). The summed E-state index contributed by atoms with van der Waals surface area (Å²) in [6, 6.07) is 11.6. The minimum absolute atomic E-state index is 0.0160. The van der Waals surface area contributed by atoms with E-state index >= 15 is 0 Å². The van der Waals surface area contributed by atoms with E-state index in [-0.39, 0.29) is 5.91 Å². The van der Waals surface area contributed by atoms with Crippen LogP contribution in [0.5, 0.6) is 0 Å². The van der Waals surface area contributed by atoms with Crippen molar-refractivity contribution in [3.63, 3.8) is 0 Å². The summed E-state index contributed by atoms with van der Waals surface area (Å²) >= 11 is 0. The Bertz CT molecular complexity index is 801. The summed E-state index contributed by atoms with van der Waals surface area (Å²) in [6.45, 7) is 2.03. The van der Waals surface area contributed by atoms with Gasteiger partial charge in [0.15, 0.2) is 6.61 Å². The number of nitrogens with zero attached hydrogens (tertiary/aromatic N) is 2. The van der Waals surface area contributed by atoms with Crippen molar-refractivity contribution in [2.45, 2.75) is 56.4 Å². The molecule has 1 heterocycles. The fourth-order valence-electron chi connectivity index (χ4n) is 4.39. The molecule has 0 aromatic heterocycles. The smallest absolute Gasteiger partial charge is 0.317 e. The lowest BCUT2D eigenvalue weighted by molar-refractivity contribution is -0.157. The lowest BCUT2D eigenvalue weighted by atomic mass is 9.72. The Morgan fingerprint density at radius 3 is 2.28 bits per heavy atom. The zero-order chi connectivity index (χ0) is 20.9. The SMILES string of the molecule is CC(=O)N1CCC(C(=O)OCC(=O)NC2(C#N)CCCC2)(c2ccccc2)CC1. The van der Waals surface area contributed by atoms with Gasteiger partial charge in [-0.05, 0) is 44.1 Å². The number of nitriles is 1. The highest BCUT2D eigenvalue weighted by Crippen LogP contribution is 2.37. The van der Waals surface area contributed by atoms with E-state index in [1.807, 2.05) is 30.3 Å². The highest BCUT2D eigenvalue weighted by molar-refractivity contribution is 5.87. The van der Waals surface area contributed by atoms with E-state index in [9.17, 15) is 19.6 Å². The van der Waals surface area contributed by atoms with E-state index < -0.39 is 29.4 Å². The van der Waals surface area contributed by atoms with Crippen LogP contribution in [-0.4, -0.2) is 47.9 Å². The molecule has 1 aliphatic heterocycles. The van der Waals surface area contributed by atoms with Crippen LogP contribution in [0.25, 0.3) is 0 Å². The van der Waals surface area contributed by atoms with Crippen LogP contribution in [0.1, 0.15) is 51.0 Å². The molecule has 1 aromatic carbocycles. The van der Waals surface area contributed by atoms with Crippen LogP contribution in [0.3, 0.4) is 0 Å². The molecule has 1 aromatic rings. The summed E-state index contributed by atoms with van der Waals surface area (Å²) < 4.78 is 5.43. The summed E-state index contributed by atoms with van der Waals surface area (Å²) in [5.41, 5.74) is -0.890. The van der Waals surface area contributed by atoms with Crippen LogP contribution in [0.2, 0.25) is 0 Å². The predicted molar refractivity (Wildman–Crippen MR) is 106 cm³/mol. The molecule has 1 N–H and O–H groups in total. The molecule has 2 amide bonds. The largest absolute Gasteiger partial charge is 0.455 e. The average molecular weight is 397 g/mol. The molecular weight excluding hydrogens is 370 g/mol. The maximum absolute atomic E-state index is 13.1. The topological polar surface area (TPSA) is 99.5 Å². The van der Waals surface area contributed by atoms with Crippen LogP contribution < -0.4 is 5.32 Å². The second kappa shape index (κ2) is 8.64. The second-order valence-electron chi connectivity index (χ2n) is 7.98. The summed E-state index contributed by atoms with van der Waals surface area (Å²) in [4.78, 5) is 38.9. The number of esters is 1. The van der Waals surface area contributed by atoms with Crippen molar-refractivity contribution in [2.75, 3.05) is 19.7 Å². The first-order chi connectivity index (χ1) is 13.9. The van der Waals surface area contributed by atoms with Crippen molar-refractivity contribution in [1.82, 2.24) is 10.2 Å². The number of nitrogens with one attached hydrogen (secondary N) is 1. The van der Waals surface area contributed by atoms with Gasteiger partial charge in [-0.2, -0.15) is 5.26 Å². The number of ether oxygens (including phenoxy) is 1. The van der Waals surface area contributed by atoms with Gasteiger partial charge in [-0.25, -0.2) is 0 Å². The number of likely N-dealkylation sites (tertiary alicyclic amines) is 1. The molecular formula is C22H27N3O4. The van der Waals surface area contributed by atoms with Crippen LogP contribution in [0.4, 0.5) is 0 Å². The lowest BCUT2D eigenvalue weighted by Gasteiger charge is -2.40. The number of amides is 2. The van der Waals surface area contributed by atoms with Gasteiger partial charge in [0, 0.05) is 20.0 Å². The van der Waals surface area contributed by atoms with Gasteiger partial charge in [-0.3, -0.25) is 14.4 Å². The summed E-state index contributed by atoms with van der Waals surface area (Å²) in [6.07, 6.45) is 3.93. The van der Waals surface area contributed by atoms with Gasteiger partial charge >= 0.3 is 5.97 Å². The highest BCUT2D eigenvalue weighted by atomic mass is 16.5. The quantitative estimate of drug-likeness (QED) is 0.767. The normalized spacial score (nSPS) is 19.8. The fourth-order valence-corrected chi connectivity index (χ4v) is 4.39. The second-order valence-corrected chi connectivity index (χ2v) is 7.98. The zero-order valence-corrected chi connectivity index (χ0v) is 16.8. The number of rotatable bonds is 5. The third-order valence-electron chi connectivity index (χ3n) is 6.16. The number of hydrogen-bond donors (Lipinski definition) is 1. The summed E-state index contributed by atoms with van der Waals surface area (Å²) in [5, 5.41) is 12.1. The molecule has 0 atom stereocenters. The molecule has 0 unspecified atom stereocenters. The van der Waals surface area contributed by atoms with Gasteiger partial charge in [-0.15, -0.1) is 0 Å². The van der Waals surface area contributed by atoms with E-state index in [1.165, 1.54) is 6.92 Å². The van der Waals surface area contributed by atoms with Crippen molar-refractivity contribution >= 4 is 17.8 Å². The Morgan fingerprint density at radius 2 is 1.72 bits per heavy atom. The predicted octanol–water partition coefficient (Wildman–Crippen LogP) is 2.06. The molecule has 29 heavy (non-hydrogen) atoms. The van der Waals surface area contributed by atoms with Gasteiger partial charge in [-0.1, -0.05) is 30.3 Å². The monoisotopic (exact) mass is 397 g/mol. The van der Waals surface area contributed by atoms with Gasteiger partial charge in [0.05, 0.1) is 11.5 Å². The van der Waals surface area contributed by atoms with Crippen LogP contribution in [0.15, 0.2) is 30.3 Å². The number of carbonyl (C=O) groups is 3. The maximum atomic E-state index is 13.1. The molecule has 7 heteroatoms. The van der Waals surface area contributed by atoms with E-state index in [0.29, 0.717) is 38.8 Å². The van der Waals surface area contributed by atoms with Gasteiger partial charge < -0.3 is 15.0 Å². The molecule has 2 fully saturated rings. The van der Waals surface area contributed by atoms with E-state index in [4.69, 9.17) is 4.74 Å². The Labute approximate surface area is 171 Å². The summed E-state index contributed by atoms with van der Waals surface area (Å²) in [5.74, 6) is -0.927. The van der Waals surface area contributed by atoms with E-state index in [2.05, 4.69) is 11.4 Å². The Hall–Kier alpha value is -2.88. The third-order valence-corrected chi connectivity index (χ3v) is 6.16. The maximum Gasteiger partial charge on any atom is 0.317 e. The molecule has 2 aliphatic rings. The number of piperidine rings is 1. The number of carbonyl (C=O) groups excluding carboxylic acids is 3. The minimum Gasteiger partial charge on any atom is -0.455 e. The molecule has 0 bridgehead atoms. The van der Waals surface area contributed by atoms with Gasteiger partial charge in [0.25, 0.3) is 5.91 Å². The highest BCUT2D eigenvalue weighted by Gasteiger charge is 2.45. The fraction of sp³-hybridized carbons (Fsp3) is 0.545. The first-order valence-corrected chi connectivity index (χ1v) is 10.1. The van der Waals surface area contributed by atoms with E-state index in [0.717, 1.165) is 18.4 Å². The number of hydrogen-bond acceptors (Lipinski definition) is 5. The molecule has 1 aliphatic carbocycles. The Kier molecular flexibility index (Phi) is 6.21. The van der Waals surface area contributed by atoms with Crippen molar-refractivity contribution in [2.24, 2.45) is 0 Å². The van der Waals surface area contributed by atoms with Gasteiger partial charge in [0.2, 0.25) is 5.91 Å². The Balaban J connectivity index is 1.69. The van der Waals surface area contributed by atoms with Crippen LogP contribution in [-0.2, 0) is 24.5 Å². The number of benzene rings is 1. The average Bonchev–Trinajstić information content (AvgIpc) is 3.21. The van der Waals surface area contributed by atoms with Crippen molar-refractivity contribution in [3.05, 3.63) is 35.9 Å².